The van der Waals surface area contributed by atoms with Crippen molar-refractivity contribution in [2.75, 3.05) is 10.7 Å². The number of hydrogen-bond donors (Lipinski definition) is 1. The highest BCUT2D eigenvalue weighted by Gasteiger charge is 2.37. The van der Waals surface area contributed by atoms with Crippen LogP contribution in [0.4, 0.5) is 11.5 Å². The van der Waals surface area contributed by atoms with Crippen molar-refractivity contribution in [3.8, 4) is 17.2 Å². The van der Waals surface area contributed by atoms with Crippen molar-refractivity contribution in [2.45, 2.75) is 12.8 Å². The molecule has 1 aliphatic heterocycles. The second kappa shape index (κ2) is 6.97. The van der Waals surface area contributed by atoms with Gasteiger partial charge in [-0.3, -0.25) is 4.79 Å². The van der Waals surface area contributed by atoms with E-state index in [9.17, 15) is 10.1 Å². The molecular formula is C22H17N5O. The summed E-state index contributed by atoms with van der Waals surface area (Å²) in [4.78, 5) is 17.5. The maximum atomic E-state index is 13.1. The zero-order valence-corrected chi connectivity index (χ0v) is 15.2. The van der Waals surface area contributed by atoms with Gasteiger partial charge in [-0.1, -0.05) is 48.5 Å². The molecule has 2 heterocycles. The van der Waals surface area contributed by atoms with Gasteiger partial charge >= 0.3 is 0 Å². The molecule has 0 aliphatic carbocycles. The SMILES string of the molecule is CC1=NN(c2ccccc2)C(=O)[C@H]1c1cc(-c2ccccc2)c(C#N)c(N)n1. The molecule has 6 heteroatoms. The summed E-state index contributed by atoms with van der Waals surface area (Å²) in [5.74, 6) is -0.727. The van der Waals surface area contributed by atoms with Gasteiger partial charge in [-0.15, -0.1) is 0 Å². The Bertz CT molecular complexity index is 1120. The molecule has 0 fully saturated rings. The number of hydrogen-bond acceptors (Lipinski definition) is 5. The van der Waals surface area contributed by atoms with E-state index in [-0.39, 0.29) is 11.7 Å². The first-order valence-corrected chi connectivity index (χ1v) is 8.80. The Balaban J connectivity index is 1.80. The number of nitriles is 1. The van der Waals surface area contributed by atoms with E-state index in [0.717, 1.165) is 5.56 Å². The monoisotopic (exact) mass is 367 g/mol. The van der Waals surface area contributed by atoms with Gasteiger partial charge in [-0.05, 0) is 30.7 Å². The maximum absolute atomic E-state index is 13.1. The number of aromatic nitrogens is 1. The maximum Gasteiger partial charge on any atom is 0.262 e. The molecule has 0 spiro atoms. The van der Waals surface area contributed by atoms with Crippen LogP contribution >= 0.6 is 0 Å². The summed E-state index contributed by atoms with van der Waals surface area (Å²) in [6.45, 7) is 1.80. The Hall–Kier alpha value is -3.98. The lowest BCUT2D eigenvalue weighted by Gasteiger charge is -2.16. The minimum Gasteiger partial charge on any atom is -0.383 e. The number of hydrazone groups is 1. The second-order valence-electron chi connectivity index (χ2n) is 6.49. The average Bonchev–Trinajstić information content (AvgIpc) is 3.02. The van der Waals surface area contributed by atoms with Gasteiger partial charge < -0.3 is 5.73 Å². The van der Waals surface area contributed by atoms with Gasteiger partial charge in [0.25, 0.3) is 5.91 Å². The number of carbonyl (C=O) groups is 1. The molecule has 0 unspecified atom stereocenters. The Labute approximate surface area is 162 Å². The summed E-state index contributed by atoms with van der Waals surface area (Å²) in [6.07, 6.45) is 0. The van der Waals surface area contributed by atoms with E-state index in [1.807, 2.05) is 60.7 Å². The number of rotatable bonds is 3. The van der Waals surface area contributed by atoms with Crippen molar-refractivity contribution in [3.63, 3.8) is 0 Å². The molecule has 0 saturated heterocycles. The predicted molar refractivity (Wildman–Crippen MR) is 109 cm³/mol. The number of anilines is 2. The zero-order chi connectivity index (χ0) is 19.7. The summed E-state index contributed by atoms with van der Waals surface area (Å²) < 4.78 is 0. The fourth-order valence-corrected chi connectivity index (χ4v) is 3.36. The normalized spacial score (nSPS) is 16.0. The molecule has 2 N–H and O–H groups in total. The van der Waals surface area contributed by atoms with E-state index in [2.05, 4.69) is 16.2 Å². The Kier molecular flexibility index (Phi) is 4.34. The van der Waals surface area contributed by atoms with Crippen LogP contribution in [0.2, 0.25) is 0 Å². The minimum absolute atomic E-state index is 0.109. The van der Waals surface area contributed by atoms with Gasteiger partial charge in [-0.25, -0.2) is 4.98 Å². The third kappa shape index (κ3) is 2.89. The highest BCUT2D eigenvalue weighted by Crippen LogP contribution is 2.34. The number of nitrogen functional groups attached to an aromatic ring is 1. The largest absolute Gasteiger partial charge is 0.383 e. The number of pyridine rings is 1. The van der Waals surface area contributed by atoms with Crippen LogP contribution in [0.25, 0.3) is 11.1 Å². The summed E-state index contributed by atoms with van der Waals surface area (Å²) in [5, 5.41) is 15.4. The zero-order valence-electron chi connectivity index (χ0n) is 15.2. The van der Waals surface area contributed by atoms with Crippen LogP contribution in [0.3, 0.4) is 0 Å². The molecule has 1 aromatic heterocycles. The molecule has 1 aliphatic rings. The number of carbonyl (C=O) groups excluding carboxylic acids is 1. The van der Waals surface area contributed by atoms with Crippen molar-refractivity contribution in [1.82, 2.24) is 4.98 Å². The first kappa shape index (κ1) is 17.4. The Morgan fingerprint density at radius 2 is 1.71 bits per heavy atom. The van der Waals surface area contributed by atoms with Crippen molar-refractivity contribution < 1.29 is 4.79 Å². The lowest BCUT2D eigenvalue weighted by molar-refractivity contribution is -0.118. The summed E-state index contributed by atoms with van der Waals surface area (Å²) in [5.41, 5.74) is 9.68. The second-order valence-corrected chi connectivity index (χ2v) is 6.49. The number of nitrogens with zero attached hydrogens (tertiary/aromatic N) is 4. The molecule has 0 saturated carbocycles. The van der Waals surface area contributed by atoms with E-state index in [1.165, 1.54) is 5.01 Å². The van der Waals surface area contributed by atoms with Crippen LogP contribution in [0.15, 0.2) is 71.8 Å². The number of benzene rings is 2. The van der Waals surface area contributed by atoms with Gasteiger partial charge in [0, 0.05) is 5.56 Å². The Morgan fingerprint density at radius 3 is 2.36 bits per heavy atom. The topological polar surface area (TPSA) is 95.4 Å². The first-order valence-electron chi connectivity index (χ1n) is 8.80. The molecule has 3 aromatic rings. The van der Waals surface area contributed by atoms with Crippen molar-refractivity contribution in [3.05, 3.63) is 78.0 Å². The molecule has 0 bridgehead atoms. The summed E-state index contributed by atoms with van der Waals surface area (Å²) in [6, 6.07) is 22.6. The van der Waals surface area contributed by atoms with Crippen LogP contribution in [0, 0.1) is 11.3 Å². The summed E-state index contributed by atoms with van der Waals surface area (Å²) in [7, 11) is 0. The quantitative estimate of drug-likeness (QED) is 0.763. The minimum atomic E-state index is -0.641. The first-order chi connectivity index (χ1) is 13.6. The molecule has 4 rings (SSSR count). The Morgan fingerprint density at radius 1 is 1.07 bits per heavy atom. The summed E-state index contributed by atoms with van der Waals surface area (Å²) >= 11 is 0. The molecule has 136 valence electrons. The highest BCUT2D eigenvalue weighted by atomic mass is 16.2. The molecule has 6 nitrogen and oxygen atoms in total. The van der Waals surface area contributed by atoms with E-state index >= 15 is 0 Å². The lowest BCUT2D eigenvalue weighted by Crippen LogP contribution is -2.26. The fraction of sp³-hybridized carbons (Fsp3) is 0.0909. The van der Waals surface area contributed by atoms with Crippen LogP contribution in [0.1, 0.15) is 24.1 Å². The molecular weight excluding hydrogens is 350 g/mol. The average molecular weight is 367 g/mol. The van der Waals surface area contributed by atoms with Crippen LogP contribution in [0.5, 0.6) is 0 Å². The molecule has 2 aromatic carbocycles. The van der Waals surface area contributed by atoms with Gasteiger partial charge in [0.05, 0.1) is 17.1 Å². The van der Waals surface area contributed by atoms with Crippen LogP contribution in [-0.2, 0) is 4.79 Å². The lowest BCUT2D eigenvalue weighted by atomic mass is 9.94. The molecule has 1 atom stereocenters. The highest BCUT2D eigenvalue weighted by molar-refractivity contribution is 6.18. The van der Waals surface area contributed by atoms with Crippen LogP contribution in [-0.4, -0.2) is 16.6 Å². The van der Waals surface area contributed by atoms with E-state index in [0.29, 0.717) is 28.2 Å². The molecule has 0 radical (unpaired) electrons. The number of para-hydroxylation sites is 1. The van der Waals surface area contributed by atoms with Crippen molar-refractivity contribution in [2.24, 2.45) is 5.10 Å². The van der Waals surface area contributed by atoms with E-state index < -0.39 is 5.92 Å². The molecule has 28 heavy (non-hydrogen) atoms. The third-order valence-electron chi connectivity index (χ3n) is 4.69. The van der Waals surface area contributed by atoms with Crippen LogP contribution < -0.4 is 10.7 Å². The van der Waals surface area contributed by atoms with Crippen molar-refractivity contribution >= 4 is 23.1 Å². The third-order valence-corrected chi connectivity index (χ3v) is 4.69. The van der Waals surface area contributed by atoms with Gasteiger partial charge in [-0.2, -0.15) is 15.4 Å². The molecule has 1 amide bonds. The number of amides is 1. The standard InChI is InChI=1S/C22H17N5O/c1-14-20(22(28)27(26-14)16-10-6-3-7-11-16)19-12-17(15-8-4-2-5-9-15)18(13-23)21(24)25-19/h2-12,20H,1H3,(H2,24,25)/t20-/m1/s1. The van der Waals surface area contributed by atoms with Gasteiger partial charge in [0.15, 0.2) is 0 Å². The van der Waals surface area contributed by atoms with Gasteiger partial charge in [0.2, 0.25) is 0 Å². The van der Waals surface area contributed by atoms with Gasteiger partial charge in [0.1, 0.15) is 23.4 Å². The number of nitrogens with two attached hydrogens (primary N) is 1. The van der Waals surface area contributed by atoms with E-state index in [1.54, 1.807) is 13.0 Å². The van der Waals surface area contributed by atoms with Crippen molar-refractivity contribution in [1.29, 1.82) is 5.26 Å². The predicted octanol–water partition coefficient (Wildman–Crippen LogP) is 3.71. The smallest absolute Gasteiger partial charge is 0.262 e. The van der Waals surface area contributed by atoms with E-state index in [4.69, 9.17) is 5.73 Å². The fourth-order valence-electron chi connectivity index (χ4n) is 3.36.